The van der Waals surface area contributed by atoms with Crippen molar-refractivity contribution in [2.75, 3.05) is 13.1 Å². The van der Waals surface area contributed by atoms with E-state index in [2.05, 4.69) is 5.32 Å². The summed E-state index contributed by atoms with van der Waals surface area (Å²) in [7, 11) is 0. The van der Waals surface area contributed by atoms with E-state index in [-0.39, 0.29) is 77.7 Å². The van der Waals surface area contributed by atoms with Gasteiger partial charge >= 0.3 is 59.1 Å². The Morgan fingerprint density at radius 3 is 2.18 bits per heavy atom. The van der Waals surface area contributed by atoms with Gasteiger partial charge in [-0.3, -0.25) is 6.29 Å². The molecule has 0 unspecified atom stereocenters. The number of carboxylic acid groups (broad SMARTS) is 1. The molecular formula is C4H6NNa2O4-. The molecule has 5 nitrogen and oxygen atoms in total. The summed E-state index contributed by atoms with van der Waals surface area (Å²) in [5.74, 6) is -1.22. The summed E-state index contributed by atoms with van der Waals surface area (Å²) in [5, 5.41) is 11.8. The Labute approximate surface area is 109 Å². The van der Waals surface area contributed by atoms with Gasteiger partial charge in [0.2, 0.25) is 0 Å². The van der Waals surface area contributed by atoms with E-state index < -0.39 is 5.97 Å². The first-order valence-corrected chi connectivity index (χ1v) is 2.03. The summed E-state index contributed by atoms with van der Waals surface area (Å²) in [6, 6.07) is 0. The Kier molecular flexibility index (Phi) is 35.6. The van der Waals surface area contributed by atoms with Gasteiger partial charge in [-0.1, -0.05) is 0 Å². The number of hydrogen-bond acceptors (Lipinski definition) is 5. The van der Waals surface area contributed by atoms with Crippen molar-refractivity contribution in [3.63, 3.8) is 0 Å². The van der Waals surface area contributed by atoms with Crippen LogP contribution in [0.1, 0.15) is 0 Å². The smallest absolute Gasteiger partial charge is 0.870 e. The molecule has 0 heterocycles. The standard InChI is InChI=1S/C4H6NO3.2Na.H2O/c6-2-1-5-3-4(7)8;;;/h5H,1,3H2,(H,7,8);;;1H2/q-1;2*+1;/p-2. The van der Waals surface area contributed by atoms with Gasteiger partial charge in [0.25, 0.3) is 0 Å². The van der Waals surface area contributed by atoms with Crippen LogP contribution < -0.4 is 69.5 Å². The topological polar surface area (TPSA) is 99.2 Å². The Morgan fingerprint density at radius 2 is 1.91 bits per heavy atom. The molecule has 0 saturated heterocycles. The average molecular weight is 178 g/mol. The van der Waals surface area contributed by atoms with Gasteiger partial charge < -0.3 is 25.5 Å². The minimum absolute atomic E-state index is 0. The van der Waals surface area contributed by atoms with Gasteiger partial charge in [-0.2, -0.15) is 0 Å². The fraction of sp³-hybridized carbons (Fsp3) is 0.500. The van der Waals surface area contributed by atoms with E-state index >= 15 is 0 Å². The normalized spacial score (nSPS) is 6.18. The van der Waals surface area contributed by atoms with Crippen molar-refractivity contribution in [1.82, 2.24) is 5.32 Å². The van der Waals surface area contributed by atoms with Crippen molar-refractivity contribution in [3.05, 3.63) is 0 Å². The second kappa shape index (κ2) is 17.2. The van der Waals surface area contributed by atoms with Crippen molar-refractivity contribution < 1.29 is 79.3 Å². The summed E-state index contributed by atoms with van der Waals surface area (Å²) >= 11 is 0. The molecule has 0 bridgehead atoms. The van der Waals surface area contributed by atoms with Crippen LogP contribution in [0.5, 0.6) is 0 Å². The first-order chi connectivity index (χ1) is 3.77. The van der Waals surface area contributed by atoms with Crippen LogP contribution in [0.2, 0.25) is 0 Å². The molecule has 0 amide bonds. The molecule has 0 saturated carbocycles. The summed E-state index contributed by atoms with van der Waals surface area (Å²) < 4.78 is 0. The molecule has 0 radical (unpaired) electrons. The van der Waals surface area contributed by atoms with E-state index in [9.17, 15) is 14.7 Å². The number of rotatable bonds is 4. The minimum atomic E-state index is -1.22. The molecule has 0 aliphatic heterocycles. The fourth-order valence-electron chi connectivity index (χ4n) is 0.216. The molecule has 0 aromatic heterocycles. The molecule has 7 heteroatoms. The van der Waals surface area contributed by atoms with Crippen LogP contribution in [0, 0.1) is 0 Å². The molecule has 0 aromatic rings. The summed E-state index contributed by atoms with van der Waals surface area (Å²) in [6.45, 7) is -0.358. The number of aliphatic carboxylic acids is 1. The number of carboxylic acids is 1. The van der Waals surface area contributed by atoms with Crippen molar-refractivity contribution in [2.24, 2.45) is 0 Å². The van der Waals surface area contributed by atoms with E-state index in [0.29, 0.717) is 0 Å². The molecule has 0 fully saturated rings. The molecule has 0 atom stereocenters. The van der Waals surface area contributed by atoms with Gasteiger partial charge in [-0.15, -0.1) is 6.54 Å². The maximum absolute atomic E-state index is 9.57. The first kappa shape index (κ1) is 22.7. The van der Waals surface area contributed by atoms with Gasteiger partial charge in [0.05, 0.1) is 5.97 Å². The van der Waals surface area contributed by atoms with Gasteiger partial charge in [-0.05, 0) is 0 Å². The maximum Gasteiger partial charge on any atom is 1.00 e. The van der Waals surface area contributed by atoms with Crippen LogP contribution in [0.4, 0.5) is 0 Å². The quantitative estimate of drug-likeness (QED) is 0.262. The van der Waals surface area contributed by atoms with Crippen molar-refractivity contribution in [1.29, 1.82) is 0 Å². The van der Waals surface area contributed by atoms with Gasteiger partial charge in [0, 0.05) is 6.54 Å². The van der Waals surface area contributed by atoms with Gasteiger partial charge in [-0.25, -0.2) is 0 Å². The largest absolute Gasteiger partial charge is 1.00 e. The van der Waals surface area contributed by atoms with Crippen molar-refractivity contribution >= 4 is 12.3 Å². The molecule has 0 rings (SSSR count). The average Bonchev–Trinajstić information content (AvgIpc) is 1.66. The molecule has 0 aromatic carbocycles. The molecule has 0 aliphatic carbocycles. The molecule has 54 valence electrons. The Hall–Kier alpha value is 1.06. The van der Waals surface area contributed by atoms with Crippen LogP contribution in [0.15, 0.2) is 0 Å². The third-order valence-corrected chi connectivity index (χ3v) is 0.467. The van der Waals surface area contributed by atoms with Gasteiger partial charge in [0.1, 0.15) is 0 Å². The van der Waals surface area contributed by atoms with Crippen LogP contribution >= 0.6 is 0 Å². The zero-order valence-corrected chi connectivity index (χ0v) is 10.6. The van der Waals surface area contributed by atoms with E-state index in [4.69, 9.17) is 0 Å². The maximum atomic E-state index is 9.57. The SMILES string of the molecule is O=[C-]CNCC(=O)[O-].[Na+].[Na+].[OH-]. The first-order valence-electron chi connectivity index (χ1n) is 2.03. The minimum Gasteiger partial charge on any atom is -0.870 e. The van der Waals surface area contributed by atoms with E-state index in [1.54, 1.807) is 0 Å². The predicted octanol–water partition coefficient (Wildman–Crippen LogP) is -8.73. The zero-order chi connectivity index (χ0) is 6.41. The third-order valence-electron chi connectivity index (χ3n) is 0.467. The van der Waals surface area contributed by atoms with Crippen LogP contribution in [-0.2, 0) is 9.59 Å². The van der Waals surface area contributed by atoms with E-state index in [0.717, 1.165) is 0 Å². The van der Waals surface area contributed by atoms with Crippen LogP contribution in [0.25, 0.3) is 0 Å². The van der Waals surface area contributed by atoms with Crippen LogP contribution in [0.3, 0.4) is 0 Å². The van der Waals surface area contributed by atoms with Gasteiger partial charge in [0.15, 0.2) is 0 Å². The van der Waals surface area contributed by atoms with E-state index in [1.807, 2.05) is 0 Å². The number of hydrogen-bond donors (Lipinski definition) is 1. The summed E-state index contributed by atoms with van der Waals surface area (Å²) in [6.07, 6.45) is 1.47. The Balaban J connectivity index is -0.0000000817. The number of carbonyl (C=O) groups is 1. The molecular weight excluding hydrogens is 172 g/mol. The Bertz CT molecular complexity index is 100. The molecule has 2 N–H and O–H groups in total. The second-order valence-corrected chi connectivity index (χ2v) is 1.12. The monoisotopic (exact) mass is 178 g/mol. The molecule has 0 spiro atoms. The van der Waals surface area contributed by atoms with Crippen molar-refractivity contribution in [3.8, 4) is 0 Å². The number of nitrogens with one attached hydrogen (secondary N) is 1. The van der Waals surface area contributed by atoms with E-state index in [1.165, 1.54) is 6.29 Å². The zero-order valence-electron chi connectivity index (χ0n) is 6.59. The summed E-state index contributed by atoms with van der Waals surface area (Å²) in [5.41, 5.74) is 0. The van der Waals surface area contributed by atoms with Crippen LogP contribution in [-0.4, -0.2) is 30.8 Å². The summed E-state index contributed by atoms with van der Waals surface area (Å²) in [4.78, 5) is 19.0. The van der Waals surface area contributed by atoms with Crippen molar-refractivity contribution in [2.45, 2.75) is 0 Å². The predicted molar refractivity (Wildman–Crippen MR) is 25.5 cm³/mol. The fourth-order valence-corrected chi connectivity index (χ4v) is 0.216. The Morgan fingerprint density at radius 1 is 1.45 bits per heavy atom. The molecule has 11 heavy (non-hydrogen) atoms. The molecule has 0 aliphatic rings. The third kappa shape index (κ3) is 24.7. The number of carbonyl (C=O) groups excluding carboxylic acids is 2. The second-order valence-electron chi connectivity index (χ2n) is 1.12.